The third kappa shape index (κ3) is 5.41. The zero-order valence-electron chi connectivity index (χ0n) is 15.8. The number of methoxy groups -OCH3 is 1. The fraction of sp³-hybridized carbons (Fsp3) is 0.350. The number of hydrogen-bond acceptors (Lipinski definition) is 5. The van der Waals surface area contributed by atoms with Crippen molar-refractivity contribution in [2.24, 2.45) is 0 Å². The molecule has 0 aliphatic heterocycles. The number of unbranched alkanes of at least 4 members (excludes halogenated alkanes) is 1. The number of nitrogens with one attached hydrogen (secondary N) is 1. The Morgan fingerprint density at radius 3 is 2.82 bits per heavy atom. The molecule has 0 saturated carbocycles. The Morgan fingerprint density at radius 2 is 2.18 bits per heavy atom. The van der Waals surface area contributed by atoms with Crippen LogP contribution in [0, 0.1) is 11.3 Å². The molecule has 0 radical (unpaired) electrons. The average molecular weight is 464 g/mol. The Labute approximate surface area is 175 Å². The number of halogens is 1. The fourth-order valence-electron chi connectivity index (χ4n) is 2.49. The van der Waals surface area contributed by atoms with E-state index in [-0.39, 0.29) is 17.7 Å². The van der Waals surface area contributed by atoms with Gasteiger partial charge in [-0.25, -0.2) is 0 Å². The van der Waals surface area contributed by atoms with Gasteiger partial charge in [0.1, 0.15) is 10.7 Å². The largest absolute Gasteiger partial charge is 0.383 e. The number of carbonyl (C=O) groups excluding carboxylic acids is 1. The van der Waals surface area contributed by atoms with Crippen LogP contribution in [0.15, 0.2) is 33.5 Å². The summed E-state index contributed by atoms with van der Waals surface area (Å²) in [6.45, 7) is 3.07. The molecular formula is C20H22BrN3O3S. The zero-order valence-corrected chi connectivity index (χ0v) is 18.2. The van der Waals surface area contributed by atoms with Gasteiger partial charge in [-0.3, -0.25) is 14.2 Å². The summed E-state index contributed by atoms with van der Waals surface area (Å²) in [6.07, 6.45) is 3.52. The van der Waals surface area contributed by atoms with Gasteiger partial charge in [0.05, 0.1) is 17.7 Å². The van der Waals surface area contributed by atoms with Crippen LogP contribution in [-0.4, -0.2) is 30.7 Å². The minimum Gasteiger partial charge on any atom is -0.383 e. The predicted molar refractivity (Wildman–Crippen MR) is 114 cm³/mol. The normalized spacial score (nSPS) is 12.6. The molecule has 1 heterocycles. The van der Waals surface area contributed by atoms with Gasteiger partial charge in [0.15, 0.2) is 5.57 Å². The van der Waals surface area contributed by atoms with Crippen LogP contribution in [0.4, 0.5) is 0 Å². The molecule has 28 heavy (non-hydrogen) atoms. The van der Waals surface area contributed by atoms with Gasteiger partial charge in [0.25, 0.3) is 11.5 Å². The molecule has 2 rings (SSSR count). The average Bonchev–Trinajstić information content (AvgIpc) is 2.98. The number of amides is 1. The van der Waals surface area contributed by atoms with Crippen molar-refractivity contribution < 1.29 is 9.53 Å². The minimum atomic E-state index is -0.462. The van der Waals surface area contributed by atoms with Crippen LogP contribution in [0.2, 0.25) is 0 Å². The molecule has 0 fully saturated rings. The van der Waals surface area contributed by atoms with Crippen LogP contribution >= 0.6 is 27.3 Å². The monoisotopic (exact) mass is 463 g/mol. The number of nitrogens with zero attached hydrogens (tertiary/aromatic N) is 2. The number of carbonyl (C=O) groups is 1. The number of hydrogen-bond donors (Lipinski definition) is 1. The van der Waals surface area contributed by atoms with Gasteiger partial charge in [0.2, 0.25) is 0 Å². The van der Waals surface area contributed by atoms with Crippen molar-refractivity contribution in [1.82, 2.24) is 9.88 Å². The van der Waals surface area contributed by atoms with E-state index in [4.69, 9.17) is 4.74 Å². The first-order valence-corrected chi connectivity index (χ1v) is 10.5. The van der Waals surface area contributed by atoms with Crippen molar-refractivity contribution >= 4 is 44.8 Å². The predicted octanol–water partition coefficient (Wildman–Crippen LogP) is 1.74. The molecule has 0 aliphatic rings. The highest BCUT2D eigenvalue weighted by atomic mass is 79.9. The minimum absolute atomic E-state index is 0.0546. The summed E-state index contributed by atoms with van der Waals surface area (Å²) in [4.78, 5) is 25.4. The van der Waals surface area contributed by atoms with Crippen LogP contribution in [0.3, 0.4) is 0 Å². The summed E-state index contributed by atoms with van der Waals surface area (Å²) in [5, 5.41) is 12.3. The molecular weight excluding hydrogens is 442 g/mol. The van der Waals surface area contributed by atoms with Crippen molar-refractivity contribution in [2.45, 2.75) is 26.3 Å². The number of benzene rings is 1. The maximum absolute atomic E-state index is 12.9. The SMILES string of the molecule is CCCCNC(=O)/C(C#N)=c1\s/c(=C\c2ccccc2Br)c(=O)n1CCOC. The van der Waals surface area contributed by atoms with Gasteiger partial charge >= 0.3 is 0 Å². The summed E-state index contributed by atoms with van der Waals surface area (Å²) in [5.41, 5.74) is 0.542. The Bertz CT molecular complexity index is 1050. The molecule has 1 N–H and O–H groups in total. The summed E-state index contributed by atoms with van der Waals surface area (Å²) in [6, 6.07) is 9.51. The Kier molecular flexibility index (Phi) is 8.64. The number of ether oxygens (including phenoxy) is 1. The summed E-state index contributed by atoms with van der Waals surface area (Å²) >= 11 is 4.61. The highest BCUT2D eigenvalue weighted by molar-refractivity contribution is 9.10. The molecule has 1 aromatic heterocycles. The Balaban J connectivity index is 2.66. The lowest BCUT2D eigenvalue weighted by molar-refractivity contribution is -0.115. The Morgan fingerprint density at radius 1 is 1.43 bits per heavy atom. The van der Waals surface area contributed by atoms with E-state index < -0.39 is 5.91 Å². The molecule has 0 spiro atoms. The van der Waals surface area contributed by atoms with Gasteiger partial charge in [-0.2, -0.15) is 5.26 Å². The topological polar surface area (TPSA) is 84.1 Å². The van der Waals surface area contributed by atoms with Gasteiger partial charge in [-0.15, -0.1) is 11.3 Å². The summed E-state index contributed by atoms with van der Waals surface area (Å²) < 4.78 is 8.18. The third-order valence-corrected chi connectivity index (χ3v) is 5.84. The highest BCUT2D eigenvalue weighted by Gasteiger charge is 2.15. The number of thiazole rings is 1. The van der Waals surface area contributed by atoms with E-state index in [0.717, 1.165) is 34.2 Å². The van der Waals surface area contributed by atoms with E-state index in [1.165, 1.54) is 11.7 Å². The van der Waals surface area contributed by atoms with Crippen molar-refractivity contribution in [3.8, 4) is 6.07 Å². The second-order valence-corrected chi connectivity index (χ2v) is 7.87. The van der Waals surface area contributed by atoms with E-state index in [1.807, 2.05) is 37.3 Å². The second-order valence-electron chi connectivity index (χ2n) is 5.98. The molecule has 1 aromatic carbocycles. The standard InChI is InChI=1S/C20H22BrN3O3S/c1-3-4-9-23-18(25)15(13-22)20-24(10-11-27-2)19(26)17(28-20)12-14-7-5-6-8-16(14)21/h5-8,12H,3-4,9-11H2,1-2H3,(H,23,25)/b17-12-,20-15-. The van der Waals surface area contributed by atoms with E-state index >= 15 is 0 Å². The lowest BCUT2D eigenvalue weighted by atomic mass is 10.2. The van der Waals surface area contributed by atoms with Crippen molar-refractivity contribution in [1.29, 1.82) is 5.26 Å². The van der Waals surface area contributed by atoms with Crippen molar-refractivity contribution in [2.75, 3.05) is 20.3 Å². The molecule has 0 aliphatic carbocycles. The molecule has 0 unspecified atom stereocenters. The van der Waals surface area contributed by atoms with E-state index in [0.29, 0.717) is 22.3 Å². The maximum atomic E-state index is 12.9. The van der Waals surface area contributed by atoms with Gasteiger partial charge < -0.3 is 10.1 Å². The number of aromatic nitrogens is 1. The molecule has 8 heteroatoms. The van der Waals surface area contributed by atoms with Gasteiger partial charge in [-0.05, 0) is 24.1 Å². The molecule has 148 valence electrons. The molecule has 0 atom stereocenters. The van der Waals surface area contributed by atoms with Crippen molar-refractivity contribution in [3.63, 3.8) is 0 Å². The number of rotatable bonds is 8. The smallest absolute Gasteiger partial charge is 0.269 e. The van der Waals surface area contributed by atoms with Gasteiger partial charge in [0, 0.05) is 18.1 Å². The lowest BCUT2D eigenvalue weighted by Crippen LogP contribution is -2.36. The zero-order chi connectivity index (χ0) is 20.5. The first kappa shape index (κ1) is 22.1. The number of nitriles is 1. The molecule has 0 saturated heterocycles. The van der Waals surface area contributed by atoms with Crippen LogP contribution in [-0.2, 0) is 16.1 Å². The van der Waals surface area contributed by atoms with E-state index in [1.54, 1.807) is 6.08 Å². The first-order chi connectivity index (χ1) is 13.5. The second kappa shape index (κ2) is 11.0. The third-order valence-electron chi connectivity index (χ3n) is 3.99. The van der Waals surface area contributed by atoms with Crippen LogP contribution < -0.4 is 20.1 Å². The highest BCUT2D eigenvalue weighted by Crippen LogP contribution is 2.16. The fourth-order valence-corrected chi connectivity index (χ4v) is 4.00. The Hall–Kier alpha value is -2.21. The molecule has 6 nitrogen and oxygen atoms in total. The summed E-state index contributed by atoms with van der Waals surface area (Å²) in [5.74, 6) is -0.462. The molecule has 1 amide bonds. The van der Waals surface area contributed by atoms with E-state index in [2.05, 4.69) is 21.2 Å². The quantitative estimate of drug-likeness (QED) is 0.604. The van der Waals surface area contributed by atoms with Gasteiger partial charge in [-0.1, -0.05) is 47.5 Å². The van der Waals surface area contributed by atoms with Crippen molar-refractivity contribution in [3.05, 3.63) is 53.9 Å². The lowest BCUT2D eigenvalue weighted by Gasteiger charge is -2.04. The van der Waals surface area contributed by atoms with E-state index in [9.17, 15) is 14.9 Å². The molecule has 2 aromatic rings. The first-order valence-electron chi connectivity index (χ1n) is 8.90. The maximum Gasteiger partial charge on any atom is 0.269 e. The molecule has 0 bridgehead atoms. The van der Waals surface area contributed by atoms with Crippen LogP contribution in [0.5, 0.6) is 0 Å². The summed E-state index contributed by atoms with van der Waals surface area (Å²) in [7, 11) is 1.54. The van der Waals surface area contributed by atoms with Crippen LogP contribution in [0.1, 0.15) is 25.3 Å². The van der Waals surface area contributed by atoms with Crippen LogP contribution in [0.25, 0.3) is 11.6 Å².